The van der Waals surface area contributed by atoms with Crippen molar-refractivity contribution < 1.29 is 14.5 Å². The van der Waals surface area contributed by atoms with Crippen LogP contribution in [0.2, 0.25) is 5.02 Å². The Balaban J connectivity index is 1.61. The van der Waals surface area contributed by atoms with Gasteiger partial charge in [0.15, 0.2) is 6.61 Å². The zero-order valence-electron chi connectivity index (χ0n) is 16.6. The van der Waals surface area contributed by atoms with Crippen LogP contribution in [0.3, 0.4) is 0 Å². The molecule has 11 heteroatoms. The first-order valence-corrected chi connectivity index (χ1v) is 11.3. The topological polar surface area (TPSA) is 97.9 Å². The number of aromatic nitrogens is 1. The van der Waals surface area contributed by atoms with Crippen LogP contribution in [0.25, 0.3) is 10.2 Å². The van der Waals surface area contributed by atoms with Gasteiger partial charge >= 0.3 is 5.00 Å². The Morgan fingerprint density at radius 2 is 2.00 bits per heavy atom. The fourth-order valence-corrected chi connectivity index (χ4v) is 4.55. The molecule has 1 amide bonds. The maximum Gasteiger partial charge on any atom is 0.324 e. The summed E-state index contributed by atoms with van der Waals surface area (Å²) in [5.41, 5.74) is 1.82. The highest BCUT2D eigenvalue weighted by atomic mass is 35.5. The lowest BCUT2D eigenvalue weighted by Crippen LogP contribution is -2.30. The third-order valence-corrected chi connectivity index (χ3v) is 6.44. The molecular formula is C21H15ClN4O4S2. The van der Waals surface area contributed by atoms with E-state index in [1.165, 1.54) is 23.6 Å². The van der Waals surface area contributed by atoms with E-state index in [9.17, 15) is 14.9 Å². The minimum absolute atomic E-state index is 0.00846. The van der Waals surface area contributed by atoms with Gasteiger partial charge in [0.05, 0.1) is 26.2 Å². The summed E-state index contributed by atoms with van der Waals surface area (Å²) in [4.78, 5) is 28.5. The zero-order chi connectivity index (χ0) is 22.7. The van der Waals surface area contributed by atoms with Gasteiger partial charge in [-0.25, -0.2) is 4.98 Å². The van der Waals surface area contributed by atoms with Crippen LogP contribution < -0.4 is 9.75 Å². The summed E-state index contributed by atoms with van der Waals surface area (Å²) in [7, 11) is 0. The molecule has 0 saturated heterocycles. The van der Waals surface area contributed by atoms with Crippen LogP contribution in [0.15, 0.2) is 59.7 Å². The molecule has 0 aliphatic carbocycles. The highest BCUT2D eigenvalue weighted by Gasteiger charge is 2.20. The minimum Gasteiger partial charge on any atom is -0.484 e. The molecule has 0 aliphatic rings. The Bertz CT molecular complexity index is 1320. The van der Waals surface area contributed by atoms with Crippen LogP contribution in [0, 0.1) is 17.0 Å². The number of fused-ring (bicyclic) bond motifs is 1. The van der Waals surface area contributed by atoms with Crippen LogP contribution in [-0.2, 0) is 4.79 Å². The number of nitro groups is 1. The molecular weight excluding hydrogens is 472 g/mol. The molecule has 0 N–H and O–H groups in total. The summed E-state index contributed by atoms with van der Waals surface area (Å²) in [5.74, 6) is 0.0403. The molecule has 8 nitrogen and oxygen atoms in total. The van der Waals surface area contributed by atoms with Crippen molar-refractivity contribution in [1.82, 2.24) is 4.98 Å². The van der Waals surface area contributed by atoms with Crippen LogP contribution in [0.4, 0.5) is 10.1 Å². The van der Waals surface area contributed by atoms with E-state index < -0.39 is 10.8 Å². The number of hydrogen-bond donors (Lipinski definition) is 0. The first-order chi connectivity index (χ1) is 15.4. The van der Waals surface area contributed by atoms with E-state index in [1.54, 1.807) is 30.3 Å². The van der Waals surface area contributed by atoms with Crippen molar-refractivity contribution in [3.8, 4) is 5.75 Å². The largest absolute Gasteiger partial charge is 0.484 e. The number of halogens is 1. The molecule has 162 valence electrons. The molecule has 0 bridgehead atoms. The van der Waals surface area contributed by atoms with E-state index >= 15 is 0 Å². The number of carbonyl (C=O) groups excluding carboxylic acids is 1. The lowest BCUT2D eigenvalue weighted by molar-refractivity contribution is -0.380. The van der Waals surface area contributed by atoms with Gasteiger partial charge in [-0.3, -0.25) is 14.9 Å². The summed E-state index contributed by atoms with van der Waals surface area (Å²) < 4.78 is 6.49. The van der Waals surface area contributed by atoms with Crippen LogP contribution in [-0.4, -0.2) is 28.6 Å². The Morgan fingerprint density at radius 3 is 2.72 bits per heavy atom. The highest BCUT2D eigenvalue weighted by Crippen LogP contribution is 2.30. The molecule has 32 heavy (non-hydrogen) atoms. The van der Waals surface area contributed by atoms with Crippen LogP contribution in [0.5, 0.6) is 5.75 Å². The lowest BCUT2D eigenvalue weighted by Gasteiger charge is -2.14. The molecule has 0 saturated carbocycles. The number of ether oxygens (including phenoxy) is 1. The molecule has 0 radical (unpaired) electrons. The summed E-state index contributed by atoms with van der Waals surface area (Å²) in [6.45, 7) is 1.70. The molecule has 0 unspecified atom stereocenters. The van der Waals surface area contributed by atoms with Gasteiger partial charge in [-0.2, -0.15) is 10.1 Å². The second-order valence-electron chi connectivity index (χ2n) is 6.59. The van der Waals surface area contributed by atoms with Crippen molar-refractivity contribution in [2.45, 2.75) is 6.92 Å². The molecule has 2 aromatic heterocycles. The van der Waals surface area contributed by atoms with Crippen molar-refractivity contribution in [1.29, 1.82) is 0 Å². The van der Waals surface area contributed by atoms with E-state index in [0.29, 0.717) is 20.8 Å². The fraction of sp³-hybridized carbons (Fsp3) is 0.0952. The first kappa shape index (κ1) is 21.9. The van der Waals surface area contributed by atoms with Gasteiger partial charge in [0.25, 0.3) is 5.91 Å². The number of anilines is 1. The Labute approximate surface area is 195 Å². The molecule has 0 atom stereocenters. The van der Waals surface area contributed by atoms with Crippen LogP contribution in [0.1, 0.15) is 10.4 Å². The number of nitrogens with zero attached hydrogens (tertiary/aromatic N) is 4. The number of thiazole rings is 1. The third-order valence-electron chi connectivity index (χ3n) is 4.22. The number of benzene rings is 2. The highest BCUT2D eigenvalue weighted by molar-refractivity contribution is 7.22. The summed E-state index contributed by atoms with van der Waals surface area (Å²) in [6.07, 6.45) is 1.40. The molecule has 4 rings (SSSR count). The van der Waals surface area contributed by atoms with E-state index in [1.807, 2.05) is 25.1 Å². The minimum atomic E-state index is -0.471. The van der Waals surface area contributed by atoms with E-state index in [4.69, 9.17) is 16.3 Å². The second kappa shape index (κ2) is 9.43. The molecule has 4 aromatic rings. The van der Waals surface area contributed by atoms with Gasteiger partial charge in [0, 0.05) is 11.1 Å². The maximum absolute atomic E-state index is 13.0. The SMILES string of the molecule is Cc1ccc2nc(N(/N=C/c3ccc([N+](=O)[O-])s3)C(=O)COc3ccc(Cl)cc3)sc2c1. The molecule has 0 fully saturated rings. The van der Waals surface area contributed by atoms with E-state index in [0.717, 1.165) is 32.1 Å². The number of amides is 1. The summed E-state index contributed by atoms with van der Waals surface area (Å²) in [6, 6.07) is 15.4. The van der Waals surface area contributed by atoms with E-state index in [-0.39, 0.29) is 11.6 Å². The lowest BCUT2D eigenvalue weighted by atomic mass is 10.2. The Hall–Kier alpha value is -3.34. The number of hydrazone groups is 1. The van der Waals surface area contributed by atoms with Gasteiger partial charge in [-0.1, -0.05) is 40.3 Å². The number of carbonyl (C=O) groups is 1. The van der Waals surface area contributed by atoms with E-state index in [2.05, 4.69) is 10.1 Å². The Morgan fingerprint density at radius 1 is 1.22 bits per heavy atom. The second-order valence-corrected chi connectivity index (χ2v) is 9.13. The van der Waals surface area contributed by atoms with Gasteiger partial charge in [-0.15, -0.1) is 0 Å². The quantitative estimate of drug-likeness (QED) is 0.190. The monoisotopic (exact) mass is 486 g/mol. The van der Waals surface area contributed by atoms with Gasteiger partial charge < -0.3 is 4.74 Å². The molecule has 0 aliphatic heterocycles. The standard InChI is InChI=1S/C21H15ClN4O4S2/c1-13-2-8-17-18(10-13)32-21(24-17)25(23-11-16-7-9-20(31-16)26(28)29)19(27)12-30-15-5-3-14(22)4-6-15/h2-11H,12H2,1H3/b23-11+. The molecule has 2 heterocycles. The smallest absolute Gasteiger partial charge is 0.324 e. The number of rotatable bonds is 7. The van der Waals surface area contributed by atoms with Crippen molar-refractivity contribution >= 4 is 66.7 Å². The fourth-order valence-electron chi connectivity index (χ4n) is 2.69. The zero-order valence-corrected chi connectivity index (χ0v) is 19.0. The van der Waals surface area contributed by atoms with Crippen molar-refractivity contribution in [3.05, 3.63) is 80.2 Å². The number of aryl methyl sites for hydroxylation is 1. The van der Waals surface area contributed by atoms with Gasteiger partial charge in [0.2, 0.25) is 5.13 Å². The summed E-state index contributed by atoms with van der Waals surface area (Å²) in [5, 5.41) is 17.3. The van der Waals surface area contributed by atoms with Gasteiger partial charge in [0.1, 0.15) is 5.75 Å². The molecule has 2 aromatic carbocycles. The first-order valence-electron chi connectivity index (χ1n) is 9.26. The Kier molecular flexibility index (Phi) is 6.45. The van der Waals surface area contributed by atoms with Crippen LogP contribution >= 0.6 is 34.3 Å². The van der Waals surface area contributed by atoms with Crippen molar-refractivity contribution in [2.75, 3.05) is 11.6 Å². The average Bonchev–Trinajstić information content (AvgIpc) is 3.40. The van der Waals surface area contributed by atoms with Crippen molar-refractivity contribution in [3.63, 3.8) is 0 Å². The predicted molar refractivity (Wildman–Crippen MR) is 127 cm³/mol. The normalized spacial score (nSPS) is 11.2. The average molecular weight is 487 g/mol. The van der Waals surface area contributed by atoms with Gasteiger partial charge in [-0.05, 0) is 55.0 Å². The van der Waals surface area contributed by atoms with Crippen molar-refractivity contribution in [2.24, 2.45) is 5.10 Å². The third kappa shape index (κ3) is 5.10. The number of hydrogen-bond acceptors (Lipinski definition) is 8. The molecule has 0 spiro atoms. The maximum atomic E-state index is 13.0. The predicted octanol–water partition coefficient (Wildman–Crippen LogP) is 5.67. The number of thiophene rings is 1. The summed E-state index contributed by atoms with van der Waals surface area (Å²) >= 11 is 8.16.